The third kappa shape index (κ3) is 2.81. The van der Waals surface area contributed by atoms with Gasteiger partial charge < -0.3 is 8.74 Å². The number of aromatic nitrogens is 2. The maximum absolute atomic E-state index is 10.4. The smallest absolute Gasteiger partial charge is 0.469 e. The molecule has 0 aliphatic carbocycles. The lowest BCUT2D eigenvalue weighted by atomic mass is 10.3. The van der Waals surface area contributed by atoms with Gasteiger partial charge in [-0.2, -0.15) is 9.13 Å². The van der Waals surface area contributed by atoms with Gasteiger partial charge >= 0.3 is 6.01 Å². The van der Waals surface area contributed by atoms with Crippen molar-refractivity contribution in [3.8, 4) is 6.01 Å². The fraction of sp³-hybridized carbons (Fsp3) is 0.625. The zero-order valence-electron chi connectivity index (χ0n) is 8.30. The highest BCUT2D eigenvalue weighted by atomic mass is 32.2. The van der Waals surface area contributed by atoms with E-state index in [4.69, 9.17) is 0 Å². The van der Waals surface area contributed by atoms with Gasteiger partial charge in [-0.25, -0.2) is 4.21 Å². The van der Waals surface area contributed by atoms with Crippen molar-refractivity contribution in [3.63, 3.8) is 0 Å². The van der Waals surface area contributed by atoms with Gasteiger partial charge in [0.1, 0.15) is 23.8 Å². The van der Waals surface area contributed by atoms with Gasteiger partial charge in [-0.3, -0.25) is 0 Å². The average molecular weight is 218 g/mol. The van der Waals surface area contributed by atoms with E-state index in [0.29, 0.717) is 6.01 Å². The minimum Gasteiger partial charge on any atom is -0.740 e. The first kappa shape index (κ1) is 11.2. The number of aryl methyl sites for hydroxylation is 2. The van der Waals surface area contributed by atoms with Gasteiger partial charge in [0.2, 0.25) is 0 Å². The maximum Gasteiger partial charge on any atom is 0.469 e. The Bertz CT molecular complexity index is 324. The van der Waals surface area contributed by atoms with E-state index >= 15 is 0 Å². The van der Waals surface area contributed by atoms with Gasteiger partial charge in [-0.1, -0.05) is 13.3 Å². The van der Waals surface area contributed by atoms with E-state index in [0.717, 1.165) is 19.4 Å². The molecule has 1 aromatic rings. The summed E-state index contributed by atoms with van der Waals surface area (Å²) in [5.41, 5.74) is 0. The SMILES string of the molecule is CCCCn1cc[n+](C)c1OS(=O)[O-]. The standard InChI is InChI=1S/C8H14N2O3S/c1-3-4-5-10-7-6-9(2)8(10)13-14(11)12/h6-7H,3-5H2,1-2H3. The Labute approximate surface area is 85.8 Å². The van der Waals surface area contributed by atoms with E-state index in [1.54, 1.807) is 28.6 Å². The first-order valence-electron chi connectivity index (χ1n) is 4.47. The summed E-state index contributed by atoms with van der Waals surface area (Å²) in [5.74, 6) is 0. The number of rotatable bonds is 5. The van der Waals surface area contributed by atoms with Crippen LogP contribution in [0.1, 0.15) is 19.8 Å². The molecule has 0 fully saturated rings. The van der Waals surface area contributed by atoms with Crippen molar-refractivity contribution in [2.45, 2.75) is 26.3 Å². The molecule has 0 amide bonds. The molecule has 0 saturated heterocycles. The summed E-state index contributed by atoms with van der Waals surface area (Å²) in [7, 11) is 1.74. The highest BCUT2D eigenvalue weighted by molar-refractivity contribution is 7.74. The van der Waals surface area contributed by atoms with Crippen LogP contribution in [0.4, 0.5) is 0 Å². The van der Waals surface area contributed by atoms with E-state index in [1.165, 1.54) is 0 Å². The van der Waals surface area contributed by atoms with E-state index in [9.17, 15) is 8.76 Å². The topological polar surface area (TPSA) is 58.2 Å². The third-order valence-electron chi connectivity index (χ3n) is 1.91. The molecular weight excluding hydrogens is 204 g/mol. The monoisotopic (exact) mass is 218 g/mol. The Kier molecular flexibility index (Phi) is 4.09. The van der Waals surface area contributed by atoms with Crippen LogP contribution in [0.3, 0.4) is 0 Å². The fourth-order valence-electron chi connectivity index (χ4n) is 1.18. The molecule has 0 saturated carbocycles. The molecule has 80 valence electrons. The number of unbranched alkanes of at least 4 members (excludes halogenated alkanes) is 1. The Morgan fingerprint density at radius 3 is 3.00 bits per heavy atom. The van der Waals surface area contributed by atoms with Crippen molar-refractivity contribution in [2.75, 3.05) is 0 Å². The number of imidazole rings is 1. The molecule has 1 aromatic heterocycles. The second-order valence-electron chi connectivity index (χ2n) is 3.03. The molecule has 6 heteroatoms. The maximum atomic E-state index is 10.4. The Morgan fingerprint density at radius 1 is 1.71 bits per heavy atom. The Hall–Kier alpha value is -0.880. The normalized spacial score (nSPS) is 12.8. The summed E-state index contributed by atoms with van der Waals surface area (Å²) in [6.45, 7) is 2.85. The summed E-state index contributed by atoms with van der Waals surface area (Å²) in [6, 6.07) is 0.340. The lowest BCUT2D eigenvalue weighted by Crippen LogP contribution is -2.29. The van der Waals surface area contributed by atoms with E-state index in [2.05, 4.69) is 11.1 Å². The van der Waals surface area contributed by atoms with Crippen LogP contribution in [0.25, 0.3) is 0 Å². The van der Waals surface area contributed by atoms with E-state index < -0.39 is 11.4 Å². The van der Waals surface area contributed by atoms with Crippen LogP contribution < -0.4 is 8.75 Å². The molecule has 1 atom stereocenters. The molecule has 0 N–H and O–H groups in total. The summed E-state index contributed by atoms with van der Waals surface area (Å²) in [5, 5.41) is 0. The van der Waals surface area contributed by atoms with Crippen LogP contribution >= 0.6 is 0 Å². The number of hydrogen-bond acceptors (Lipinski definition) is 3. The zero-order valence-corrected chi connectivity index (χ0v) is 9.12. The van der Waals surface area contributed by atoms with Crippen LogP contribution in [-0.4, -0.2) is 13.3 Å². The van der Waals surface area contributed by atoms with Gasteiger partial charge in [0.25, 0.3) is 0 Å². The third-order valence-corrected chi connectivity index (χ3v) is 2.20. The van der Waals surface area contributed by atoms with Crippen molar-refractivity contribution in [1.82, 2.24) is 4.57 Å². The van der Waals surface area contributed by atoms with Gasteiger partial charge in [-0.05, 0) is 6.42 Å². The number of hydrogen-bond donors (Lipinski definition) is 0. The predicted molar refractivity (Wildman–Crippen MR) is 50.1 cm³/mol. The minimum absolute atomic E-state index is 0.340. The second-order valence-corrected chi connectivity index (χ2v) is 3.60. The molecule has 0 aromatic carbocycles. The highest BCUT2D eigenvalue weighted by Crippen LogP contribution is 2.07. The van der Waals surface area contributed by atoms with Gasteiger partial charge in [0.05, 0.1) is 13.6 Å². The molecule has 1 heterocycles. The molecule has 0 bridgehead atoms. The van der Waals surface area contributed by atoms with E-state index in [-0.39, 0.29) is 0 Å². The largest absolute Gasteiger partial charge is 0.740 e. The molecule has 14 heavy (non-hydrogen) atoms. The van der Waals surface area contributed by atoms with Crippen molar-refractivity contribution in [3.05, 3.63) is 12.4 Å². The lowest BCUT2D eigenvalue weighted by molar-refractivity contribution is -0.674. The molecule has 5 nitrogen and oxygen atoms in total. The minimum atomic E-state index is -2.51. The number of nitrogens with zero attached hydrogens (tertiary/aromatic N) is 2. The Balaban J connectivity index is 2.77. The lowest BCUT2D eigenvalue weighted by Gasteiger charge is -2.04. The summed E-state index contributed by atoms with van der Waals surface area (Å²) in [6.07, 6.45) is 5.62. The Morgan fingerprint density at radius 2 is 2.43 bits per heavy atom. The van der Waals surface area contributed by atoms with Crippen LogP contribution in [0.2, 0.25) is 0 Å². The molecule has 1 unspecified atom stereocenters. The fourth-order valence-corrected chi connectivity index (χ4v) is 1.51. The first-order chi connectivity index (χ1) is 6.65. The quantitative estimate of drug-likeness (QED) is 0.527. The zero-order chi connectivity index (χ0) is 10.6. The molecule has 0 spiro atoms. The predicted octanol–water partition coefficient (Wildman–Crippen LogP) is 0.286. The van der Waals surface area contributed by atoms with Crippen LogP contribution in [0.15, 0.2) is 12.4 Å². The van der Waals surface area contributed by atoms with Crippen molar-refractivity contribution >= 4 is 11.4 Å². The van der Waals surface area contributed by atoms with Gasteiger partial charge in [0, 0.05) is 0 Å². The van der Waals surface area contributed by atoms with Crippen molar-refractivity contribution in [1.29, 1.82) is 0 Å². The van der Waals surface area contributed by atoms with Gasteiger partial charge in [0.15, 0.2) is 0 Å². The van der Waals surface area contributed by atoms with Gasteiger partial charge in [-0.15, -0.1) is 0 Å². The highest BCUT2D eigenvalue weighted by Gasteiger charge is 2.15. The van der Waals surface area contributed by atoms with Crippen molar-refractivity contribution < 1.29 is 17.5 Å². The molecule has 0 aliphatic rings. The second kappa shape index (κ2) is 5.11. The summed E-state index contributed by atoms with van der Waals surface area (Å²) < 4.78 is 28.9. The molecular formula is C8H14N2O3S. The molecule has 0 radical (unpaired) electrons. The average Bonchev–Trinajstić information content (AvgIpc) is 2.45. The summed E-state index contributed by atoms with van der Waals surface area (Å²) in [4.78, 5) is 0. The first-order valence-corrected chi connectivity index (χ1v) is 5.47. The van der Waals surface area contributed by atoms with Crippen molar-refractivity contribution in [2.24, 2.45) is 7.05 Å². The van der Waals surface area contributed by atoms with E-state index in [1.807, 2.05) is 0 Å². The van der Waals surface area contributed by atoms with Crippen LogP contribution in [-0.2, 0) is 25.0 Å². The van der Waals surface area contributed by atoms with Crippen LogP contribution in [0, 0.1) is 0 Å². The summed E-state index contributed by atoms with van der Waals surface area (Å²) >= 11 is -2.51. The van der Waals surface area contributed by atoms with Crippen LogP contribution in [0.5, 0.6) is 6.01 Å². The molecule has 1 rings (SSSR count). The molecule has 0 aliphatic heterocycles.